The molecule has 2 atom stereocenters. The molecule has 1 heterocycles. The molecule has 0 aliphatic carbocycles. The van der Waals surface area contributed by atoms with Gasteiger partial charge in [0, 0.05) is 35.0 Å². The average Bonchev–Trinajstić information content (AvgIpc) is 3.21. The van der Waals surface area contributed by atoms with Gasteiger partial charge in [-0.3, -0.25) is 9.00 Å². The minimum absolute atomic E-state index is 0.0869. The number of hydrogen-bond donors (Lipinski definition) is 0. The van der Waals surface area contributed by atoms with Gasteiger partial charge in [0.2, 0.25) is 5.91 Å². The van der Waals surface area contributed by atoms with Crippen molar-refractivity contribution in [1.29, 1.82) is 0 Å². The molecule has 2 aromatic carbocycles. The van der Waals surface area contributed by atoms with Gasteiger partial charge in [-0.2, -0.15) is 13.2 Å². The van der Waals surface area contributed by atoms with Gasteiger partial charge >= 0.3 is 6.18 Å². The van der Waals surface area contributed by atoms with Crippen molar-refractivity contribution < 1.29 is 26.9 Å². The number of likely N-dealkylation sites (tertiary alicyclic amines) is 1. The van der Waals surface area contributed by atoms with Crippen molar-refractivity contribution in [3.05, 3.63) is 78.4 Å². The highest BCUT2D eigenvalue weighted by Crippen LogP contribution is 2.29. The summed E-state index contributed by atoms with van der Waals surface area (Å²) in [6.45, 7) is 4.77. The highest BCUT2D eigenvalue weighted by molar-refractivity contribution is 7.84. The van der Waals surface area contributed by atoms with Gasteiger partial charge in [-0.25, -0.2) is 0 Å². The number of rotatable bonds is 5. The Morgan fingerprint density at radius 2 is 1.83 bits per heavy atom. The molecule has 30 heavy (non-hydrogen) atoms. The molecular formula is C22H24F3NO3S. The van der Waals surface area contributed by atoms with E-state index in [1.807, 2.05) is 30.3 Å². The van der Waals surface area contributed by atoms with Crippen molar-refractivity contribution >= 4 is 16.7 Å². The first-order chi connectivity index (χ1) is 14.2. The lowest BCUT2D eigenvalue weighted by atomic mass is 10.1. The minimum atomic E-state index is -4.32. The van der Waals surface area contributed by atoms with Crippen molar-refractivity contribution in [1.82, 2.24) is 4.90 Å². The first-order valence-corrected chi connectivity index (χ1v) is 10.8. The largest absolute Gasteiger partial charge is 0.416 e. The Hall–Kier alpha value is -2.45. The number of alkyl halides is 3. The second-order valence-electron chi connectivity index (χ2n) is 6.67. The van der Waals surface area contributed by atoms with Crippen LogP contribution in [0.1, 0.15) is 17.5 Å². The Morgan fingerprint density at radius 1 is 1.20 bits per heavy atom. The topological polar surface area (TPSA) is 46.6 Å². The maximum atomic E-state index is 12.4. The summed E-state index contributed by atoms with van der Waals surface area (Å²) in [6.07, 6.45) is -0.749. The van der Waals surface area contributed by atoms with Gasteiger partial charge in [0.05, 0.1) is 18.3 Å². The maximum Gasteiger partial charge on any atom is 0.416 e. The van der Waals surface area contributed by atoms with Gasteiger partial charge in [0.15, 0.2) is 0 Å². The van der Waals surface area contributed by atoms with E-state index in [9.17, 15) is 22.2 Å². The molecule has 0 aromatic heterocycles. The normalized spacial score (nSPS) is 17.1. The molecule has 0 spiro atoms. The lowest BCUT2D eigenvalue weighted by Crippen LogP contribution is -2.28. The van der Waals surface area contributed by atoms with E-state index in [0.29, 0.717) is 18.7 Å². The molecule has 4 nitrogen and oxygen atoms in total. The Bertz CT molecular complexity index is 854. The van der Waals surface area contributed by atoms with E-state index in [-0.39, 0.29) is 18.6 Å². The first kappa shape index (κ1) is 23.8. The van der Waals surface area contributed by atoms with Crippen molar-refractivity contribution in [2.45, 2.75) is 30.2 Å². The minimum Gasteiger partial charge on any atom is -0.372 e. The number of benzene rings is 2. The number of nitrogens with zero attached hydrogens (tertiary/aromatic N) is 1. The third-order valence-electron chi connectivity index (χ3n) is 4.47. The van der Waals surface area contributed by atoms with Crippen LogP contribution in [0, 0.1) is 0 Å². The zero-order chi connectivity index (χ0) is 22.1. The van der Waals surface area contributed by atoms with Crippen LogP contribution < -0.4 is 0 Å². The van der Waals surface area contributed by atoms with Crippen LogP contribution in [0.25, 0.3) is 0 Å². The quantitative estimate of drug-likeness (QED) is 0.648. The fourth-order valence-corrected chi connectivity index (χ4v) is 3.35. The summed E-state index contributed by atoms with van der Waals surface area (Å²) < 4.78 is 53.7. The average molecular weight is 439 g/mol. The molecule has 1 aliphatic rings. The molecule has 0 N–H and O–H groups in total. The summed E-state index contributed by atoms with van der Waals surface area (Å²) >= 11 is 0. The molecule has 2 unspecified atom stereocenters. The van der Waals surface area contributed by atoms with Crippen molar-refractivity contribution in [3.8, 4) is 0 Å². The van der Waals surface area contributed by atoms with E-state index in [0.717, 1.165) is 23.4 Å². The van der Waals surface area contributed by atoms with Crippen LogP contribution in [0.15, 0.2) is 72.1 Å². The molecule has 0 radical (unpaired) electrons. The summed E-state index contributed by atoms with van der Waals surface area (Å²) in [4.78, 5) is 13.9. The van der Waals surface area contributed by atoms with Crippen LogP contribution in [0.3, 0.4) is 0 Å². The Labute approximate surface area is 176 Å². The van der Waals surface area contributed by atoms with Crippen LogP contribution in [-0.2, 0) is 33.1 Å². The second-order valence-corrected chi connectivity index (χ2v) is 8.05. The first-order valence-electron chi connectivity index (χ1n) is 9.28. The van der Waals surface area contributed by atoms with Crippen molar-refractivity contribution in [2.75, 3.05) is 19.3 Å². The molecular weight excluding hydrogens is 415 g/mol. The second kappa shape index (κ2) is 11.1. The van der Waals surface area contributed by atoms with Gasteiger partial charge in [0.1, 0.15) is 0 Å². The Kier molecular flexibility index (Phi) is 8.80. The van der Waals surface area contributed by atoms with Crippen molar-refractivity contribution in [3.63, 3.8) is 0 Å². The SMILES string of the molecule is C=CC(=O)N1CCC(OCc2ccc(C(F)(F)F)cc2)C1.CS(=O)c1ccccc1. The monoisotopic (exact) mass is 439 g/mol. The zero-order valence-electron chi connectivity index (χ0n) is 16.6. The molecule has 0 saturated carbocycles. The van der Waals surface area contributed by atoms with Crippen LogP contribution in [0.5, 0.6) is 0 Å². The lowest BCUT2D eigenvalue weighted by Gasteiger charge is -2.15. The molecule has 8 heteroatoms. The number of hydrogen-bond acceptors (Lipinski definition) is 3. The highest BCUT2D eigenvalue weighted by atomic mass is 32.2. The highest BCUT2D eigenvalue weighted by Gasteiger charge is 2.30. The molecule has 1 saturated heterocycles. The van der Waals surface area contributed by atoms with E-state index < -0.39 is 22.5 Å². The smallest absolute Gasteiger partial charge is 0.372 e. The maximum absolute atomic E-state index is 12.4. The van der Waals surface area contributed by atoms with Crippen LogP contribution >= 0.6 is 0 Å². The number of ether oxygens (including phenoxy) is 1. The summed E-state index contributed by atoms with van der Waals surface area (Å²) in [5, 5.41) is 0. The number of carbonyl (C=O) groups excluding carboxylic acids is 1. The van der Waals surface area contributed by atoms with Crippen LogP contribution in [0.2, 0.25) is 0 Å². The predicted molar refractivity (Wildman–Crippen MR) is 110 cm³/mol. The molecule has 1 amide bonds. The van der Waals surface area contributed by atoms with E-state index in [2.05, 4.69) is 6.58 Å². The molecule has 0 bridgehead atoms. The molecule has 3 rings (SSSR count). The van der Waals surface area contributed by atoms with Gasteiger partial charge in [-0.1, -0.05) is 36.9 Å². The van der Waals surface area contributed by atoms with Crippen LogP contribution in [-0.4, -0.2) is 40.5 Å². The van der Waals surface area contributed by atoms with Crippen molar-refractivity contribution in [2.24, 2.45) is 0 Å². The summed E-state index contributed by atoms with van der Waals surface area (Å²) in [6, 6.07) is 14.3. The number of carbonyl (C=O) groups is 1. The standard InChI is InChI=1S/C15H16F3NO2.C7H8OS/c1-2-14(20)19-8-7-13(9-19)21-10-11-3-5-12(6-4-11)15(16,17)18;1-9(8)7-5-3-2-4-6-7/h2-6,13H,1,7-10H2;2-6H,1H3. The van der Waals surface area contributed by atoms with E-state index in [1.54, 1.807) is 11.2 Å². The Morgan fingerprint density at radius 3 is 2.33 bits per heavy atom. The third kappa shape index (κ3) is 7.42. The number of amides is 1. The molecule has 2 aromatic rings. The zero-order valence-corrected chi connectivity index (χ0v) is 17.4. The summed E-state index contributed by atoms with van der Waals surface area (Å²) in [7, 11) is -0.829. The van der Waals surface area contributed by atoms with Gasteiger partial charge < -0.3 is 9.64 Å². The van der Waals surface area contributed by atoms with Gasteiger partial charge in [0.25, 0.3) is 0 Å². The molecule has 1 fully saturated rings. The fraction of sp³-hybridized carbons (Fsp3) is 0.318. The third-order valence-corrected chi connectivity index (χ3v) is 5.41. The summed E-state index contributed by atoms with van der Waals surface area (Å²) in [5.41, 5.74) is 0.00590. The predicted octanol–water partition coefficient (Wildman–Crippen LogP) is 4.43. The summed E-state index contributed by atoms with van der Waals surface area (Å²) in [5.74, 6) is -0.129. The molecule has 162 valence electrons. The number of halogens is 3. The van der Waals surface area contributed by atoms with Gasteiger partial charge in [-0.15, -0.1) is 0 Å². The van der Waals surface area contributed by atoms with Crippen LogP contribution in [0.4, 0.5) is 13.2 Å². The Balaban J connectivity index is 0.000000297. The van der Waals surface area contributed by atoms with E-state index in [4.69, 9.17) is 4.74 Å². The van der Waals surface area contributed by atoms with E-state index in [1.165, 1.54) is 18.2 Å². The van der Waals surface area contributed by atoms with E-state index >= 15 is 0 Å². The fourth-order valence-electron chi connectivity index (χ4n) is 2.81. The molecule has 1 aliphatic heterocycles. The van der Waals surface area contributed by atoms with Gasteiger partial charge in [-0.05, 0) is 42.3 Å². The lowest BCUT2D eigenvalue weighted by molar-refractivity contribution is -0.137.